The summed E-state index contributed by atoms with van der Waals surface area (Å²) in [5.41, 5.74) is 2.89. The maximum atomic E-state index is 6.36. The fourth-order valence-electron chi connectivity index (χ4n) is 3.45. The summed E-state index contributed by atoms with van der Waals surface area (Å²) in [4.78, 5) is 4.75. The van der Waals surface area contributed by atoms with E-state index < -0.39 is 0 Å². The highest BCUT2D eigenvalue weighted by Crippen LogP contribution is 2.29. The quantitative estimate of drug-likeness (QED) is 0.434. The van der Waals surface area contributed by atoms with Gasteiger partial charge in [0.05, 0.1) is 11.6 Å². The van der Waals surface area contributed by atoms with Gasteiger partial charge in [0.1, 0.15) is 11.5 Å². The topological polar surface area (TPSA) is 90.1 Å². The van der Waals surface area contributed by atoms with Crippen LogP contribution >= 0.6 is 11.6 Å². The van der Waals surface area contributed by atoms with Gasteiger partial charge in [0.25, 0.3) is 0 Å². The van der Waals surface area contributed by atoms with E-state index in [1.54, 1.807) is 0 Å². The highest BCUT2D eigenvalue weighted by atomic mass is 35.5. The van der Waals surface area contributed by atoms with Crippen molar-refractivity contribution in [2.75, 3.05) is 0 Å². The molecule has 9 heteroatoms. The van der Waals surface area contributed by atoms with Gasteiger partial charge in [-0.05, 0) is 47.0 Å². The van der Waals surface area contributed by atoms with Gasteiger partial charge in [-0.1, -0.05) is 44.0 Å². The summed E-state index contributed by atoms with van der Waals surface area (Å²) in [5, 5.41) is 19.4. The first kappa shape index (κ1) is 20.3. The lowest BCUT2D eigenvalue weighted by Crippen LogP contribution is -2.07. The van der Waals surface area contributed by atoms with Crippen molar-refractivity contribution < 1.29 is 0 Å². The molecule has 0 atom stereocenters. The predicted octanol–water partition coefficient (Wildman–Crippen LogP) is 4.25. The van der Waals surface area contributed by atoms with Crippen LogP contribution in [0.1, 0.15) is 50.3 Å². The molecule has 0 radical (unpaired) electrons. The Labute approximate surface area is 180 Å². The van der Waals surface area contributed by atoms with Gasteiger partial charge in [0, 0.05) is 24.7 Å². The molecule has 1 aromatic carbocycles. The van der Waals surface area contributed by atoms with E-state index >= 15 is 0 Å². The van der Waals surface area contributed by atoms with Crippen molar-refractivity contribution in [1.29, 1.82) is 0 Å². The Hall–Kier alpha value is -3.00. The number of aryl methyl sites for hydroxylation is 2. The molecule has 0 spiro atoms. The molecular formula is C21H25ClN8. The maximum Gasteiger partial charge on any atom is 0.197 e. The number of hydrogen-bond acceptors (Lipinski definition) is 5. The number of aromatic nitrogens is 8. The van der Waals surface area contributed by atoms with Gasteiger partial charge in [-0.25, -0.2) is 14.8 Å². The Kier molecular flexibility index (Phi) is 6.23. The van der Waals surface area contributed by atoms with Crippen molar-refractivity contribution in [2.45, 2.75) is 52.5 Å². The maximum absolute atomic E-state index is 6.36. The largest absolute Gasteiger partial charge is 0.312 e. The lowest BCUT2D eigenvalue weighted by Gasteiger charge is -2.10. The molecule has 3 aromatic heterocycles. The van der Waals surface area contributed by atoms with Crippen LogP contribution in [0.25, 0.3) is 17.2 Å². The third kappa shape index (κ3) is 4.28. The third-order valence-corrected chi connectivity index (χ3v) is 5.28. The molecule has 0 unspecified atom stereocenters. The number of halogens is 1. The van der Waals surface area contributed by atoms with Gasteiger partial charge < -0.3 is 4.57 Å². The Morgan fingerprint density at radius 1 is 1.03 bits per heavy atom. The van der Waals surface area contributed by atoms with Crippen LogP contribution in [0.5, 0.6) is 0 Å². The molecule has 4 rings (SSSR count). The monoisotopic (exact) mass is 424 g/mol. The summed E-state index contributed by atoms with van der Waals surface area (Å²) in [6.45, 7) is 5.06. The zero-order valence-corrected chi connectivity index (χ0v) is 18.0. The van der Waals surface area contributed by atoms with Crippen LogP contribution in [0.2, 0.25) is 5.02 Å². The number of benzene rings is 1. The van der Waals surface area contributed by atoms with Gasteiger partial charge in [0.2, 0.25) is 0 Å². The van der Waals surface area contributed by atoms with Gasteiger partial charge in [-0.15, -0.1) is 5.10 Å². The number of tetrazole rings is 1. The second-order valence-corrected chi connectivity index (χ2v) is 7.66. The zero-order valence-electron chi connectivity index (χ0n) is 17.2. The number of H-pyrrole nitrogens is 1. The van der Waals surface area contributed by atoms with E-state index in [-0.39, 0.29) is 0 Å². The minimum atomic E-state index is 0.528. The Bertz CT molecular complexity index is 1080. The van der Waals surface area contributed by atoms with Crippen molar-refractivity contribution in [3.8, 4) is 17.2 Å². The number of nitrogens with one attached hydrogen (secondary N) is 1. The van der Waals surface area contributed by atoms with E-state index in [1.165, 1.54) is 5.56 Å². The third-order valence-electron chi connectivity index (χ3n) is 4.97. The van der Waals surface area contributed by atoms with Crippen LogP contribution in [0, 0.1) is 0 Å². The second kappa shape index (κ2) is 9.21. The normalized spacial score (nSPS) is 11.3. The smallest absolute Gasteiger partial charge is 0.197 e. The minimum Gasteiger partial charge on any atom is -0.312 e. The molecule has 0 aliphatic rings. The van der Waals surface area contributed by atoms with Gasteiger partial charge in [0.15, 0.2) is 11.6 Å². The Morgan fingerprint density at radius 2 is 1.87 bits per heavy atom. The van der Waals surface area contributed by atoms with Crippen molar-refractivity contribution in [1.82, 2.24) is 40.0 Å². The molecule has 0 aliphatic heterocycles. The van der Waals surface area contributed by atoms with E-state index in [0.29, 0.717) is 17.4 Å². The zero-order chi connectivity index (χ0) is 20.9. The Balaban J connectivity index is 1.57. The highest BCUT2D eigenvalue weighted by molar-refractivity contribution is 6.33. The summed E-state index contributed by atoms with van der Waals surface area (Å²) >= 11 is 6.36. The fourth-order valence-corrected chi connectivity index (χ4v) is 3.68. The average Bonchev–Trinajstić information content (AvgIpc) is 3.48. The van der Waals surface area contributed by atoms with Crippen LogP contribution in [0.4, 0.5) is 0 Å². The van der Waals surface area contributed by atoms with Crippen molar-refractivity contribution in [3.05, 3.63) is 58.8 Å². The standard InChI is InChI=1S/C21H25ClN8/c1-3-5-7-19-23-18(6-4-2)26-30(19)14-15-8-10-16(11-9-15)29-13-12-17(22)20(29)21-24-27-28-25-21/h8-13H,3-7,14H2,1-2H3,(H,24,25,27,28). The molecule has 0 amide bonds. The van der Waals surface area contributed by atoms with E-state index in [0.717, 1.165) is 55.1 Å². The first-order valence-electron chi connectivity index (χ1n) is 10.3. The lowest BCUT2D eigenvalue weighted by atomic mass is 10.2. The molecular weight excluding hydrogens is 400 g/mol. The summed E-state index contributed by atoms with van der Waals surface area (Å²) in [6, 6.07) is 10.2. The van der Waals surface area contributed by atoms with Crippen molar-refractivity contribution in [3.63, 3.8) is 0 Å². The number of rotatable bonds is 9. The van der Waals surface area contributed by atoms with E-state index in [1.807, 2.05) is 21.5 Å². The summed E-state index contributed by atoms with van der Waals surface area (Å²) in [6.07, 6.45) is 7.10. The summed E-state index contributed by atoms with van der Waals surface area (Å²) in [7, 11) is 0. The number of aromatic amines is 1. The Morgan fingerprint density at radius 3 is 2.57 bits per heavy atom. The first-order chi connectivity index (χ1) is 14.7. The number of nitrogens with zero attached hydrogens (tertiary/aromatic N) is 7. The summed E-state index contributed by atoms with van der Waals surface area (Å²) in [5.74, 6) is 2.54. The molecule has 0 aliphatic carbocycles. The number of unbranched alkanes of at least 4 members (excludes halogenated alkanes) is 1. The van der Waals surface area contributed by atoms with Gasteiger partial charge >= 0.3 is 0 Å². The van der Waals surface area contributed by atoms with Gasteiger partial charge in [-0.2, -0.15) is 5.10 Å². The SMILES string of the molecule is CCCCc1nc(CCC)nn1Cc1ccc(-n2ccc(Cl)c2-c2nnn[nH]2)cc1. The highest BCUT2D eigenvalue weighted by Gasteiger charge is 2.15. The molecule has 0 fully saturated rings. The van der Waals surface area contributed by atoms with Crippen LogP contribution in [-0.2, 0) is 19.4 Å². The van der Waals surface area contributed by atoms with Crippen molar-refractivity contribution >= 4 is 11.6 Å². The molecule has 0 saturated carbocycles. The van der Waals surface area contributed by atoms with E-state index in [2.05, 4.69) is 58.7 Å². The van der Waals surface area contributed by atoms with Crippen LogP contribution in [-0.4, -0.2) is 40.0 Å². The molecule has 8 nitrogen and oxygen atoms in total. The van der Waals surface area contributed by atoms with Gasteiger partial charge in [-0.3, -0.25) is 0 Å². The van der Waals surface area contributed by atoms with E-state index in [9.17, 15) is 0 Å². The molecule has 156 valence electrons. The molecule has 0 saturated heterocycles. The molecule has 4 aromatic rings. The summed E-state index contributed by atoms with van der Waals surface area (Å²) < 4.78 is 4.02. The van der Waals surface area contributed by atoms with Crippen molar-refractivity contribution in [2.24, 2.45) is 0 Å². The first-order valence-corrected chi connectivity index (χ1v) is 10.7. The molecule has 30 heavy (non-hydrogen) atoms. The average molecular weight is 425 g/mol. The van der Waals surface area contributed by atoms with Crippen LogP contribution in [0.15, 0.2) is 36.5 Å². The van der Waals surface area contributed by atoms with Crippen LogP contribution in [0.3, 0.4) is 0 Å². The number of hydrogen-bond donors (Lipinski definition) is 1. The van der Waals surface area contributed by atoms with E-state index in [4.69, 9.17) is 21.7 Å². The second-order valence-electron chi connectivity index (χ2n) is 7.25. The molecule has 3 heterocycles. The predicted molar refractivity (Wildman–Crippen MR) is 116 cm³/mol. The van der Waals surface area contributed by atoms with Crippen LogP contribution < -0.4 is 0 Å². The molecule has 0 bridgehead atoms. The molecule has 1 N–H and O–H groups in total. The fraction of sp³-hybridized carbons (Fsp3) is 0.381. The lowest BCUT2D eigenvalue weighted by molar-refractivity contribution is 0.613. The minimum absolute atomic E-state index is 0.528.